The molecule has 1 rings (SSSR count). The van der Waals surface area contributed by atoms with Gasteiger partial charge in [0.15, 0.2) is 0 Å². The number of carbonyl (C=O) groups excluding carboxylic acids is 1. The van der Waals surface area contributed by atoms with Crippen LogP contribution in [-0.2, 0) is 17.9 Å². The zero-order chi connectivity index (χ0) is 9.68. The van der Waals surface area contributed by atoms with Gasteiger partial charge in [0, 0.05) is 31.9 Å². The number of nitrogens with one attached hydrogen (secondary N) is 1. The van der Waals surface area contributed by atoms with Crippen LogP contribution in [0.4, 0.5) is 0 Å². The smallest absolute Gasteiger partial charge is 0.219 e. The van der Waals surface area contributed by atoms with E-state index in [1.807, 2.05) is 30.1 Å². The van der Waals surface area contributed by atoms with E-state index in [9.17, 15) is 4.79 Å². The average Bonchev–Trinajstić information content (AvgIpc) is 2.50. The van der Waals surface area contributed by atoms with Gasteiger partial charge in [-0.05, 0) is 18.7 Å². The van der Waals surface area contributed by atoms with Crippen LogP contribution in [0, 0.1) is 0 Å². The molecule has 0 saturated heterocycles. The SMILES string of the molecule is CNCc1ccn(CCC(N)=O)c1. The summed E-state index contributed by atoms with van der Waals surface area (Å²) in [6, 6.07) is 2.03. The first kappa shape index (κ1) is 9.80. The molecule has 0 radical (unpaired) electrons. The van der Waals surface area contributed by atoms with Crippen molar-refractivity contribution in [3.8, 4) is 0 Å². The third kappa shape index (κ3) is 3.29. The van der Waals surface area contributed by atoms with Crippen molar-refractivity contribution in [2.75, 3.05) is 7.05 Å². The van der Waals surface area contributed by atoms with Gasteiger partial charge < -0.3 is 15.6 Å². The van der Waals surface area contributed by atoms with Gasteiger partial charge in [-0.25, -0.2) is 0 Å². The zero-order valence-corrected chi connectivity index (χ0v) is 7.79. The fourth-order valence-corrected chi connectivity index (χ4v) is 1.18. The fourth-order valence-electron chi connectivity index (χ4n) is 1.18. The summed E-state index contributed by atoms with van der Waals surface area (Å²) in [5, 5.41) is 3.06. The van der Waals surface area contributed by atoms with Crippen molar-refractivity contribution in [1.82, 2.24) is 9.88 Å². The van der Waals surface area contributed by atoms with E-state index in [4.69, 9.17) is 5.73 Å². The molecule has 4 heteroatoms. The number of hydrogen-bond acceptors (Lipinski definition) is 2. The zero-order valence-electron chi connectivity index (χ0n) is 7.79. The maximum Gasteiger partial charge on any atom is 0.219 e. The quantitative estimate of drug-likeness (QED) is 0.676. The molecule has 4 nitrogen and oxygen atoms in total. The lowest BCUT2D eigenvalue weighted by atomic mass is 10.3. The Morgan fingerprint density at radius 2 is 2.46 bits per heavy atom. The number of amides is 1. The number of rotatable bonds is 5. The molecule has 1 aromatic heterocycles. The van der Waals surface area contributed by atoms with Crippen molar-refractivity contribution in [1.29, 1.82) is 0 Å². The van der Waals surface area contributed by atoms with Gasteiger partial charge in [-0.15, -0.1) is 0 Å². The topological polar surface area (TPSA) is 60.1 Å². The van der Waals surface area contributed by atoms with Crippen molar-refractivity contribution in [2.24, 2.45) is 5.73 Å². The Balaban J connectivity index is 2.44. The maximum atomic E-state index is 10.5. The molecule has 72 valence electrons. The van der Waals surface area contributed by atoms with Crippen LogP contribution in [-0.4, -0.2) is 17.5 Å². The number of hydrogen-bond donors (Lipinski definition) is 2. The molecule has 1 aromatic rings. The highest BCUT2D eigenvalue weighted by molar-refractivity contribution is 5.73. The molecule has 1 heterocycles. The van der Waals surface area contributed by atoms with Gasteiger partial charge in [-0.3, -0.25) is 4.79 Å². The minimum absolute atomic E-state index is 0.260. The molecule has 0 aliphatic rings. The number of nitrogens with zero attached hydrogens (tertiary/aromatic N) is 1. The van der Waals surface area contributed by atoms with Crippen LogP contribution >= 0.6 is 0 Å². The van der Waals surface area contributed by atoms with Crippen LogP contribution < -0.4 is 11.1 Å². The molecule has 13 heavy (non-hydrogen) atoms. The summed E-state index contributed by atoms with van der Waals surface area (Å²) in [4.78, 5) is 10.5. The predicted octanol–water partition coefficient (Wildman–Crippen LogP) is 0.0829. The Morgan fingerprint density at radius 3 is 3.08 bits per heavy atom. The van der Waals surface area contributed by atoms with Crippen LogP contribution in [0.15, 0.2) is 18.5 Å². The van der Waals surface area contributed by atoms with E-state index in [1.165, 1.54) is 5.56 Å². The Kier molecular flexibility index (Phi) is 3.52. The first-order chi connectivity index (χ1) is 6.22. The van der Waals surface area contributed by atoms with E-state index < -0.39 is 0 Å². The van der Waals surface area contributed by atoms with E-state index in [-0.39, 0.29) is 5.91 Å². The van der Waals surface area contributed by atoms with Crippen molar-refractivity contribution in [3.63, 3.8) is 0 Å². The molecule has 0 saturated carbocycles. The number of aryl methyl sites for hydroxylation is 1. The summed E-state index contributed by atoms with van der Waals surface area (Å²) < 4.78 is 1.97. The van der Waals surface area contributed by atoms with Crippen LogP contribution in [0.3, 0.4) is 0 Å². The highest BCUT2D eigenvalue weighted by atomic mass is 16.1. The molecule has 0 aliphatic heterocycles. The molecule has 0 aliphatic carbocycles. The Bertz CT molecular complexity index is 280. The van der Waals surface area contributed by atoms with E-state index in [1.54, 1.807) is 0 Å². The second kappa shape index (κ2) is 4.67. The summed E-state index contributed by atoms with van der Waals surface area (Å²) in [6.07, 6.45) is 4.36. The molecule has 0 bridgehead atoms. The van der Waals surface area contributed by atoms with Gasteiger partial charge in [0.05, 0.1) is 0 Å². The highest BCUT2D eigenvalue weighted by Gasteiger charge is 1.97. The summed E-state index contributed by atoms with van der Waals surface area (Å²) in [7, 11) is 1.90. The Hall–Kier alpha value is -1.29. The van der Waals surface area contributed by atoms with E-state index >= 15 is 0 Å². The van der Waals surface area contributed by atoms with Gasteiger partial charge in [0.25, 0.3) is 0 Å². The van der Waals surface area contributed by atoms with Crippen molar-refractivity contribution < 1.29 is 4.79 Å². The van der Waals surface area contributed by atoms with E-state index in [0.29, 0.717) is 13.0 Å². The fraction of sp³-hybridized carbons (Fsp3) is 0.444. The minimum Gasteiger partial charge on any atom is -0.370 e. The van der Waals surface area contributed by atoms with Crippen molar-refractivity contribution in [2.45, 2.75) is 19.5 Å². The first-order valence-electron chi connectivity index (χ1n) is 4.30. The van der Waals surface area contributed by atoms with Crippen molar-refractivity contribution >= 4 is 5.91 Å². The number of nitrogens with two attached hydrogens (primary N) is 1. The lowest BCUT2D eigenvalue weighted by molar-refractivity contribution is -0.118. The molecule has 0 unspecified atom stereocenters. The van der Waals surface area contributed by atoms with Crippen LogP contribution in [0.1, 0.15) is 12.0 Å². The molecule has 1 amide bonds. The average molecular weight is 181 g/mol. The second-order valence-electron chi connectivity index (χ2n) is 3.00. The van der Waals surface area contributed by atoms with E-state index in [2.05, 4.69) is 5.32 Å². The Morgan fingerprint density at radius 1 is 1.69 bits per heavy atom. The van der Waals surface area contributed by atoms with Crippen LogP contribution in [0.2, 0.25) is 0 Å². The summed E-state index contributed by atoms with van der Waals surface area (Å²) in [6.45, 7) is 1.52. The molecular weight excluding hydrogens is 166 g/mol. The predicted molar refractivity (Wildman–Crippen MR) is 51.0 cm³/mol. The largest absolute Gasteiger partial charge is 0.370 e. The molecule has 3 N–H and O–H groups in total. The standard InChI is InChI=1S/C9H15N3O/c1-11-6-8-2-4-12(7-8)5-3-9(10)13/h2,4,7,11H,3,5-6H2,1H3,(H2,10,13). The van der Waals surface area contributed by atoms with Crippen molar-refractivity contribution in [3.05, 3.63) is 24.0 Å². The minimum atomic E-state index is -0.260. The number of carbonyl (C=O) groups is 1. The van der Waals surface area contributed by atoms with E-state index in [0.717, 1.165) is 6.54 Å². The lowest BCUT2D eigenvalue weighted by Gasteiger charge is -1.99. The molecular formula is C9H15N3O. The van der Waals surface area contributed by atoms with Crippen LogP contribution in [0.25, 0.3) is 0 Å². The molecule has 0 aromatic carbocycles. The molecule has 0 spiro atoms. The third-order valence-electron chi connectivity index (χ3n) is 1.81. The van der Waals surface area contributed by atoms with Gasteiger partial charge in [0.2, 0.25) is 5.91 Å². The summed E-state index contributed by atoms with van der Waals surface area (Å²) >= 11 is 0. The monoisotopic (exact) mass is 181 g/mol. The first-order valence-corrected chi connectivity index (χ1v) is 4.30. The van der Waals surface area contributed by atoms with Gasteiger partial charge in [-0.2, -0.15) is 0 Å². The molecule has 0 atom stereocenters. The van der Waals surface area contributed by atoms with Gasteiger partial charge in [-0.1, -0.05) is 0 Å². The number of primary amides is 1. The normalized spacial score (nSPS) is 10.2. The summed E-state index contributed by atoms with van der Waals surface area (Å²) in [5.74, 6) is -0.260. The molecule has 0 fully saturated rings. The highest BCUT2D eigenvalue weighted by Crippen LogP contribution is 2.01. The number of aromatic nitrogens is 1. The van der Waals surface area contributed by atoms with Crippen LogP contribution in [0.5, 0.6) is 0 Å². The summed E-state index contributed by atoms with van der Waals surface area (Å²) in [5.41, 5.74) is 6.26. The van der Waals surface area contributed by atoms with Gasteiger partial charge >= 0.3 is 0 Å². The third-order valence-corrected chi connectivity index (χ3v) is 1.81. The maximum absolute atomic E-state index is 10.5. The lowest BCUT2D eigenvalue weighted by Crippen LogP contribution is -2.13. The van der Waals surface area contributed by atoms with Gasteiger partial charge in [0.1, 0.15) is 0 Å². The Labute approximate surface area is 77.7 Å². The second-order valence-corrected chi connectivity index (χ2v) is 3.00.